The smallest absolute Gasteiger partial charge is 0.267 e. The van der Waals surface area contributed by atoms with Crippen LogP contribution in [0.1, 0.15) is 22.5 Å². The zero-order valence-electron chi connectivity index (χ0n) is 6.60. The van der Waals surface area contributed by atoms with E-state index < -0.39 is 12.3 Å². The Labute approximate surface area is 106 Å². The summed E-state index contributed by atoms with van der Waals surface area (Å²) >= 11 is 3.61. The zero-order valence-corrected chi connectivity index (χ0v) is 10.9. The molecule has 0 atom stereocenters. The number of halogens is 4. The van der Waals surface area contributed by atoms with Gasteiger partial charge in [-0.25, -0.2) is 13.8 Å². The Balaban J connectivity index is 3.45. The second kappa shape index (κ2) is 4.64. The van der Waals surface area contributed by atoms with Gasteiger partial charge in [-0.1, -0.05) is 0 Å². The highest BCUT2D eigenvalue weighted by molar-refractivity contribution is 14.1. The molecular weight excluding hydrogens is 420 g/mol. The number of amides is 1. The maximum atomic E-state index is 12.6. The van der Waals surface area contributed by atoms with Crippen molar-refractivity contribution < 1.29 is 13.6 Å². The van der Waals surface area contributed by atoms with E-state index in [2.05, 4.69) is 4.98 Å². The maximum Gasteiger partial charge on any atom is 0.267 e. The highest BCUT2D eigenvalue weighted by Crippen LogP contribution is 2.29. The van der Waals surface area contributed by atoms with Gasteiger partial charge in [0, 0.05) is 13.3 Å². The van der Waals surface area contributed by atoms with Crippen molar-refractivity contribution in [3.63, 3.8) is 0 Å². The number of hydrogen-bond donors (Lipinski definition) is 1. The van der Waals surface area contributed by atoms with Crippen LogP contribution in [0.5, 0.6) is 0 Å². The summed E-state index contributed by atoms with van der Waals surface area (Å²) in [6.07, 6.45) is -1.40. The number of primary amides is 1. The molecule has 0 unspecified atom stereocenters. The van der Waals surface area contributed by atoms with E-state index in [1.54, 1.807) is 22.6 Å². The van der Waals surface area contributed by atoms with E-state index >= 15 is 0 Å². The predicted molar refractivity (Wildman–Crippen MR) is 63.1 cm³/mol. The molecular formula is C7H4F2I2N2O. The van der Waals surface area contributed by atoms with E-state index in [4.69, 9.17) is 5.73 Å². The van der Waals surface area contributed by atoms with Crippen LogP contribution < -0.4 is 5.73 Å². The molecule has 0 bridgehead atoms. The fourth-order valence-corrected chi connectivity index (χ4v) is 1.94. The normalized spacial score (nSPS) is 10.6. The number of nitrogens with zero attached hydrogens (tertiary/aromatic N) is 1. The van der Waals surface area contributed by atoms with Crippen molar-refractivity contribution in [3.8, 4) is 0 Å². The first kappa shape index (κ1) is 12.0. The minimum absolute atomic E-state index is 0.321. The fourth-order valence-electron chi connectivity index (χ4n) is 0.876. The lowest BCUT2D eigenvalue weighted by Crippen LogP contribution is -2.17. The topological polar surface area (TPSA) is 56.0 Å². The van der Waals surface area contributed by atoms with E-state index in [-0.39, 0.29) is 11.3 Å². The molecule has 1 amide bonds. The molecule has 0 fully saturated rings. The number of aromatic nitrogens is 1. The highest BCUT2D eigenvalue weighted by atomic mass is 127. The Morgan fingerprint density at radius 2 is 2.07 bits per heavy atom. The average Bonchev–Trinajstić information content (AvgIpc) is 2.08. The van der Waals surface area contributed by atoms with Crippen LogP contribution in [0.3, 0.4) is 0 Å². The van der Waals surface area contributed by atoms with E-state index in [0.717, 1.165) is 0 Å². The third-order valence-corrected chi connectivity index (χ3v) is 4.47. The molecule has 0 aliphatic carbocycles. The maximum absolute atomic E-state index is 12.6. The summed E-state index contributed by atoms with van der Waals surface area (Å²) in [7, 11) is 0. The van der Waals surface area contributed by atoms with Gasteiger partial charge in [0.05, 0.1) is 5.56 Å². The van der Waals surface area contributed by atoms with E-state index in [9.17, 15) is 13.6 Å². The van der Waals surface area contributed by atoms with Crippen molar-refractivity contribution in [1.82, 2.24) is 4.98 Å². The van der Waals surface area contributed by atoms with E-state index in [0.29, 0.717) is 7.14 Å². The summed E-state index contributed by atoms with van der Waals surface area (Å²) in [6.45, 7) is 0. The zero-order chi connectivity index (χ0) is 10.9. The second-order valence-corrected chi connectivity index (χ2v) is 4.59. The molecule has 0 aliphatic rings. The van der Waals surface area contributed by atoms with Gasteiger partial charge in [-0.2, -0.15) is 0 Å². The van der Waals surface area contributed by atoms with Crippen molar-refractivity contribution in [2.45, 2.75) is 6.43 Å². The highest BCUT2D eigenvalue weighted by Gasteiger charge is 2.22. The molecule has 0 aliphatic heterocycles. The Kier molecular flexibility index (Phi) is 3.98. The minimum atomic E-state index is -2.74. The number of alkyl halides is 2. The van der Waals surface area contributed by atoms with Gasteiger partial charge < -0.3 is 5.73 Å². The van der Waals surface area contributed by atoms with Gasteiger partial charge >= 0.3 is 0 Å². The van der Waals surface area contributed by atoms with Crippen LogP contribution in [-0.2, 0) is 0 Å². The van der Waals surface area contributed by atoms with Crippen molar-refractivity contribution in [2.24, 2.45) is 5.73 Å². The molecule has 0 saturated heterocycles. The molecule has 0 radical (unpaired) electrons. The molecule has 14 heavy (non-hydrogen) atoms. The standard InChI is InChI=1S/C7H4F2I2N2O/c8-6(9)3-4(11)2(10)1-13-5(3)7(12)14/h1,6H,(H2,12,14). The Morgan fingerprint density at radius 3 is 2.50 bits per heavy atom. The summed E-state index contributed by atoms with van der Waals surface area (Å²) in [4.78, 5) is 14.4. The molecule has 1 aromatic heterocycles. The number of nitrogens with two attached hydrogens (primary N) is 1. The van der Waals surface area contributed by atoms with Gasteiger partial charge in [0.25, 0.3) is 12.3 Å². The lowest BCUT2D eigenvalue weighted by Gasteiger charge is -2.08. The molecule has 0 saturated carbocycles. The number of hydrogen-bond acceptors (Lipinski definition) is 2. The van der Waals surface area contributed by atoms with Gasteiger partial charge in [0.2, 0.25) is 0 Å². The first-order valence-electron chi connectivity index (χ1n) is 3.37. The van der Waals surface area contributed by atoms with Crippen molar-refractivity contribution >= 4 is 51.1 Å². The third kappa shape index (κ3) is 2.30. The molecule has 1 heterocycles. The van der Waals surface area contributed by atoms with Gasteiger partial charge in [-0.15, -0.1) is 0 Å². The Hall–Kier alpha value is -0.0600. The lowest BCUT2D eigenvalue weighted by atomic mass is 10.2. The monoisotopic (exact) mass is 424 g/mol. The van der Waals surface area contributed by atoms with Crippen molar-refractivity contribution in [1.29, 1.82) is 0 Å². The van der Waals surface area contributed by atoms with E-state index in [1.165, 1.54) is 6.20 Å². The first-order chi connectivity index (χ1) is 6.45. The van der Waals surface area contributed by atoms with Gasteiger partial charge in [-0.05, 0) is 45.2 Å². The summed E-state index contributed by atoms with van der Waals surface area (Å²) in [5.41, 5.74) is 4.19. The van der Waals surface area contributed by atoms with Crippen molar-refractivity contribution in [2.75, 3.05) is 0 Å². The van der Waals surface area contributed by atoms with Crippen LogP contribution in [0.2, 0.25) is 0 Å². The van der Waals surface area contributed by atoms with Crippen LogP contribution in [0.25, 0.3) is 0 Å². The lowest BCUT2D eigenvalue weighted by molar-refractivity contribution is 0.0979. The summed E-state index contributed by atoms with van der Waals surface area (Å²) in [5, 5.41) is 0. The number of pyridine rings is 1. The van der Waals surface area contributed by atoms with Crippen LogP contribution in [0.4, 0.5) is 8.78 Å². The first-order valence-corrected chi connectivity index (χ1v) is 5.52. The SMILES string of the molecule is NC(=O)c1ncc(I)c(I)c1C(F)F. The van der Waals surface area contributed by atoms with Gasteiger partial charge in [0.15, 0.2) is 0 Å². The average molecular weight is 424 g/mol. The quantitative estimate of drug-likeness (QED) is 0.742. The summed E-state index contributed by atoms with van der Waals surface area (Å²) < 4.78 is 26.0. The van der Waals surface area contributed by atoms with Crippen LogP contribution >= 0.6 is 45.2 Å². The van der Waals surface area contributed by atoms with Crippen LogP contribution in [0.15, 0.2) is 6.20 Å². The number of carbonyl (C=O) groups is 1. The number of rotatable bonds is 2. The Morgan fingerprint density at radius 1 is 1.50 bits per heavy atom. The molecule has 76 valence electrons. The van der Waals surface area contributed by atoms with Crippen molar-refractivity contribution in [3.05, 3.63) is 24.6 Å². The fraction of sp³-hybridized carbons (Fsp3) is 0.143. The summed E-state index contributed by atoms with van der Waals surface area (Å²) in [6, 6.07) is 0. The third-order valence-electron chi connectivity index (χ3n) is 1.46. The molecule has 0 aromatic carbocycles. The second-order valence-electron chi connectivity index (χ2n) is 2.35. The predicted octanol–water partition coefficient (Wildman–Crippen LogP) is 2.33. The Bertz CT molecular complexity index is 384. The van der Waals surface area contributed by atoms with Crippen LogP contribution in [0, 0.1) is 7.14 Å². The van der Waals surface area contributed by atoms with Crippen LogP contribution in [-0.4, -0.2) is 10.9 Å². The molecule has 3 nitrogen and oxygen atoms in total. The minimum Gasteiger partial charge on any atom is -0.364 e. The van der Waals surface area contributed by atoms with E-state index in [1.807, 2.05) is 22.6 Å². The molecule has 0 spiro atoms. The van der Waals surface area contributed by atoms with Gasteiger partial charge in [0.1, 0.15) is 5.69 Å². The molecule has 7 heteroatoms. The number of carbonyl (C=O) groups excluding carboxylic acids is 1. The summed E-state index contributed by atoms with van der Waals surface area (Å²) in [5.74, 6) is -0.936. The molecule has 1 rings (SSSR count). The van der Waals surface area contributed by atoms with Gasteiger partial charge in [-0.3, -0.25) is 4.79 Å². The molecule has 2 N–H and O–H groups in total. The molecule has 1 aromatic rings. The largest absolute Gasteiger partial charge is 0.364 e.